The highest BCUT2D eigenvalue weighted by molar-refractivity contribution is 6.15. The van der Waals surface area contributed by atoms with Crippen LogP contribution in [0.4, 0.5) is 0 Å². The first-order valence-corrected chi connectivity index (χ1v) is 16.2. The van der Waals surface area contributed by atoms with Crippen LogP contribution in [0.1, 0.15) is 11.1 Å². The minimum absolute atomic E-state index is 0.0415. The molecule has 10 rings (SSSR count). The molecule has 0 unspecified atom stereocenters. The van der Waals surface area contributed by atoms with E-state index < -0.39 is 11.7 Å². The van der Waals surface area contributed by atoms with E-state index in [2.05, 4.69) is 12.1 Å². The van der Waals surface area contributed by atoms with Crippen LogP contribution in [0.5, 0.6) is 23.0 Å². The van der Waals surface area contributed by atoms with Gasteiger partial charge >= 0.3 is 11.7 Å². The minimum atomic E-state index is -2.07. The zero-order valence-corrected chi connectivity index (χ0v) is 26.0. The molecular weight excluding hydrogens is 610 g/mol. The van der Waals surface area contributed by atoms with Crippen LogP contribution in [0, 0.1) is 0 Å². The maximum Gasteiger partial charge on any atom is 0.489 e. The Morgan fingerprint density at radius 1 is 0.449 bits per heavy atom. The molecule has 2 atom stereocenters. The lowest BCUT2D eigenvalue weighted by atomic mass is 9.95. The molecule has 1 N–H and O–H groups in total. The second kappa shape index (κ2) is 10.2. The molecule has 0 bridgehead atoms. The number of hydrogen-bond acceptors (Lipinski definition) is 6. The van der Waals surface area contributed by atoms with E-state index in [1.54, 1.807) is 0 Å². The molecule has 0 amide bonds. The SMILES string of the molecule is Oc1c(O[C@]23OC(c4ccccc4)=N[C@@]2(c2ccccc2)Oc2c(c4ccccc4c4ccccc24)O3)c2ccccc2c2ccccc12. The number of benzene rings is 8. The molecule has 0 aromatic heterocycles. The molecule has 0 aliphatic carbocycles. The number of rotatable bonds is 4. The second-order valence-electron chi connectivity index (χ2n) is 12.3. The van der Waals surface area contributed by atoms with Crippen LogP contribution in [-0.4, -0.2) is 17.0 Å². The lowest BCUT2D eigenvalue weighted by Crippen LogP contribution is -2.62. The van der Waals surface area contributed by atoms with Gasteiger partial charge in [0.05, 0.1) is 0 Å². The number of ether oxygens (including phenoxy) is 4. The van der Waals surface area contributed by atoms with E-state index in [-0.39, 0.29) is 17.4 Å². The first-order valence-electron chi connectivity index (χ1n) is 16.2. The normalized spacial score (nSPS) is 19.5. The number of phenolic OH excluding ortho intramolecular Hbond substituents is 1. The third-order valence-electron chi connectivity index (χ3n) is 9.51. The quantitative estimate of drug-likeness (QED) is 0.195. The first-order chi connectivity index (χ1) is 24.2. The van der Waals surface area contributed by atoms with Gasteiger partial charge in [-0.1, -0.05) is 146 Å². The van der Waals surface area contributed by atoms with Crippen LogP contribution in [-0.2, 0) is 10.5 Å². The Hall–Kier alpha value is -6.53. The maximum atomic E-state index is 12.0. The zero-order chi connectivity index (χ0) is 32.6. The Morgan fingerprint density at radius 2 is 0.898 bits per heavy atom. The van der Waals surface area contributed by atoms with Crippen molar-refractivity contribution in [2.75, 3.05) is 0 Å². The van der Waals surface area contributed by atoms with Gasteiger partial charge in [-0.25, -0.2) is 0 Å². The van der Waals surface area contributed by atoms with Crippen LogP contribution >= 0.6 is 0 Å². The molecule has 234 valence electrons. The Labute approximate surface area is 281 Å². The third-order valence-corrected chi connectivity index (χ3v) is 9.51. The van der Waals surface area contributed by atoms with Crippen molar-refractivity contribution in [1.29, 1.82) is 0 Å². The molecule has 2 heterocycles. The lowest BCUT2D eigenvalue weighted by Gasteiger charge is -2.44. The summed E-state index contributed by atoms with van der Waals surface area (Å²) in [5, 5.41) is 18.8. The summed E-state index contributed by atoms with van der Waals surface area (Å²) in [6.07, 6.45) is 0. The molecule has 6 nitrogen and oxygen atoms in total. The van der Waals surface area contributed by atoms with E-state index in [0.29, 0.717) is 33.4 Å². The molecule has 0 fully saturated rings. The van der Waals surface area contributed by atoms with Gasteiger partial charge in [-0.05, 0) is 33.7 Å². The molecule has 6 heteroatoms. The summed E-state index contributed by atoms with van der Waals surface area (Å²) >= 11 is 0. The molecule has 0 spiro atoms. The fourth-order valence-electron chi connectivity index (χ4n) is 7.27. The van der Waals surface area contributed by atoms with Gasteiger partial charge in [0.15, 0.2) is 23.0 Å². The topological polar surface area (TPSA) is 69.5 Å². The number of phenols is 1. The van der Waals surface area contributed by atoms with Crippen LogP contribution in [0.25, 0.3) is 43.1 Å². The highest BCUT2D eigenvalue weighted by Gasteiger charge is 2.72. The Morgan fingerprint density at radius 3 is 1.51 bits per heavy atom. The maximum absolute atomic E-state index is 12.0. The number of aliphatic imine (C=N–C) groups is 1. The third kappa shape index (κ3) is 3.85. The van der Waals surface area contributed by atoms with Gasteiger partial charge in [0.1, 0.15) is 0 Å². The summed E-state index contributed by atoms with van der Waals surface area (Å²) in [6.45, 7) is 0. The lowest BCUT2D eigenvalue weighted by molar-refractivity contribution is -0.340. The standard InChI is InChI=1S/C43H27NO5/c45-37-33-23-11-7-19-29(33)30-20-8-12-24-34(30)38(37)47-43-42(28-17-5-2-6-18-28,44-41(49-43)27-15-3-1-4-16-27)46-39-35-25-13-9-21-31(35)32-22-10-14-26-36(32)40(39)48-43/h1-26,45H/t42-,43+/m0/s1. The van der Waals surface area contributed by atoms with E-state index in [1.165, 1.54) is 0 Å². The van der Waals surface area contributed by atoms with Gasteiger partial charge < -0.3 is 24.1 Å². The molecular formula is C43H27NO5. The average molecular weight is 638 g/mol. The average Bonchev–Trinajstić information content (AvgIpc) is 3.52. The highest BCUT2D eigenvalue weighted by atomic mass is 16.9. The summed E-state index contributed by atoms with van der Waals surface area (Å²) in [7, 11) is 0. The molecule has 8 aromatic carbocycles. The van der Waals surface area contributed by atoms with Gasteiger partial charge in [0, 0.05) is 32.7 Å². The molecule has 2 aliphatic rings. The van der Waals surface area contributed by atoms with Crippen LogP contribution in [0.2, 0.25) is 0 Å². The van der Waals surface area contributed by atoms with E-state index in [4.69, 9.17) is 23.9 Å². The van der Waals surface area contributed by atoms with Crippen molar-refractivity contribution < 1.29 is 24.1 Å². The van der Waals surface area contributed by atoms with Gasteiger partial charge in [0.2, 0.25) is 5.90 Å². The zero-order valence-electron chi connectivity index (χ0n) is 26.0. The van der Waals surface area contributed by atoms with Crippen LogP contribution < -0.4 is 14.2 Å². The van der Waals surface area contributed by atoms with Crippen molar-refractivity contribution in [3.05, 3.63) is 169 Å². The Kier molecular flexibility index (Phi) is 5.76. The molecule has 0 saturated heterocycles. The van der Waals surface area contributed by atoms with Crippen molar-refractivity contribution in [2.45, 2.75) is 11.7 Å². The smallest absolute Gasteiger partial charge is 0.489 e. The van der Waals surface area contributed by atoms with E-state index in [0.717, 1.165) is 32.3 Å². The van der Waals surface area contributed by atoms with Crippen LogP contribution in [0.3, 0.4) is 0 Å². The van der Waals surface area contributed by atoms with Gasteiger partial charge in [-0.15, -0.1) is 0 Å². The van der Waals surface area contributed by atoms with E-state index in [9.17, 15) is 5.11 Å². The summed E-state index contributed by atoms with van der Waals surface area (Å²) in [6, 6.07) is 50.9. The first kappa shape index (κ1) is 27.6. The monoisotopic (exact) mass is 637 g/mol. The molecule has 8 aromatic rings. The molecule has 0 radical (unpaired) electrons. The van der Waals surface area contributed by atoms with Gasteiger partial charge in [-0.3, -0.25) is 0 Å². The molecule has 0 saturated carbocycles. The highest BCUT2D eigenvalue weighted by Crippen LogP contribution is 2.59. The summed E-state index contributed by atoms with van der Waals surface area (Å²) in [4.78, 5) is 5.25. The second-order valence-corrected chi connectivity index (χ2v) is 12.3. The summed E-state index contributed by atoms with van der Waals surface area (Å²) in [5.74, 6) is -0.672. The van der Waals surface area contributed by atoms with Crippen LogP contribution in [0.15, 0.2) is 163 Å². The molecule has 49 heavy (non-hydrogen) atoms. The Balaban J connectivity index is 1.32. The van der Waals surface area contributed by atoms with E-state index in [1.807, 2.05) is 146 Å². The largest absolute Gasteiger partial charge is 0.504 e. The Bertz CT molecular complexity index is 2640. The fraction of sp³-hybridized carbons (Fsp3) is 0.0465. The van der Waals surface area contributed by atoms with Gasteiger partial charge in [-0.2, -0.15) is 4.99 Å². The summed E-state index contributed by atoms with van der Waals surface area (Å²) in [5.41, 5.74) is -0.348. The number of nitrogens with zero attached hydrogens (tertiary/aromatic N) is 1. The van der Waals surface area contributed by atoms with Crippen molar-refractivity contribution in [2.24, 2.45) is 4.99 Å². The van der Waals surface area contributed by atoms with Crippen molar-refractivity contribution in [1.82, 2.24) is 0 Å². The summed E-state index contributed by atoms with van der Waals surface area (Å²) < 4.78 is 28.5. The predicted octanol–water partition coefficient (Wildman–Crippen LogP) is 9.84. The van der Waals surface area contributed by atoms with Gasteiger partial charge in [0.25, 0.3) is 0 Å². The van der Waals surface area contributed by atoms with Crippen molar-refractivity contribution in [3.63, 3.8) is 0 Å². The molecule has 2 aliphatic heterocycles. The minimum Gasteiger partial charge on any atom is -0.504 e. The van der Waals surface area contributed by atoms with Crippen molar-refractivity contribution >= 4 is 49.0 Å². The predicted molar refractivity (Wildman–Crippen MR) is 191 cm³/mol. The van der Waals surface area contributed by atoms with Crippen molar-refractivity contribution in [3.8, 4) is 23.0 Å². The number of aromatic hydroxyl groups is 1. The number of fused-ring (bicyclic) bond motifs is 10. The number of hydrogen-bond donors (Lipinski definition) is 1. The fourth-order valence-corrected chi connectivity index (χ4v) is 7.27. The van der Waals surface area contributed by atoms with E-state index >= 15 is 0 Å².